The Kier molecular flexibility index (Phi) is 6.79. The van der Waals surface area contributed by atoms with Gasteiger partial charge in [0, 0.05) is 11.9 Å². The number of furan rings is 1. The maximum atomic E-state index is 13.1. The van der Waals surface area contributed by atoms with Crippen molar-refractivity contribution >= 4 is 17.2 Å². The lowest BCUT2D eigenvalue weighted by Gasteiger charge is -2.21. The zero-order valence-corrected chi connectivity index (χ0v) is 18.2. The van der Waals surface area contributed by atoms with Crippen molar-refractivity contribution in [2.45, 2.75) is 33.0 Å². The van der Waals surface area contributed by atoms with Crippen LogP contribution in [-0.4, -0.2) is 15.8 Å². The highest BCUT2D eigenvalue weighted by Gasteiger charge is 2.18. The van der Waals surface area contributed by atoms with E-state index in [9.17, 15) is 4.79 Å². The summed E-state index contributed by atoms with van der Waals surface area (Å²) in [5.74, 6) is 1.58. The van der Waals surface area contributed by atoms with Crippen LogP contribution < -0.4 is 4.74 Å². The van der Waals surface area contributed by atoms with Gasteiger partial charge in [0.05, 0.1) is 24.9 Å². The molecule has 6 heteroatoms. The van der Waals surface area contributed by atoms with E-state index in [1.54, 1.807) is 11.2 Å². The summed E-state index contributed by atoms with van der Waals surface area (Å²) in [6, 6.07) is 21.6. The van der Waals surface area contributed by atoms with Crippen LogP contribution in [0.3, 0.4) is 0 Å². The number of thiazole rings is 1. The summed E-state index contributed by atoms with van der Waals surface area (Å²) >= 11 is 1.51. The van der Waals surface area contributed by atoms with Crippen LogP contribution in [0.4, 0.5) is 0 Å². The van der Waals surface area contributed by atoms with Gasteiger partial charge >= 0.3 is 0 Å². The zero-order valence-electron chi connectivity index (χ0n) is 17.4. The third kappa shape index (κ3) is 6.06. The molecule has 4 rings (SSSR count). The highest BCUT2D eigenvalue weighted by atomic mass is 32.1. The molecule has 4 aromatic rings. The van der Waals surface area contributed by atoms with Gasteiger partial charge in [0.2, 0.25) is 5.91 Å². The van der Waals surface area contributed by atoms with Crippen molar-refractivity contribution in [3.63, 3.8) is 0 Å². The first-order valence-corrected chi connectivity index (χ1v) is 11.0. The molecule has 0 N–H and O–H groups in total. The van der Waals surface area contributed by atoms with E-state index in [2.05, 4.69) is 4.98 Å². The van der Waals surface area contributed by atoms with Crippen molar-refractivity contribution in [3.05, 3.63) is 106 Å². The maximum absolute atomic E-state index is 13.1. The maximum Gasteiger partial charge on any atom is 0.229 e. The number of amides is 1. The predicted molar refractivity (Wildman–Crippen MR) is 121 cm³/mol. The fraction of sp³-hybridized carbons (Fsp3) is 0.200. The first kappa shape index (κ1) is 20.9. The highest BCUT2D eigenvalue weighted by molar-refractivity contribution is 7.09. The van der Waals surface area contributed by atoms with Gasteiger partial charge in [0.1, 0.15) is 23.1 Å². The molecule has 0 bridgehead atoms. The van der Waals surface area contributed by atoms with Gasteiger partial charge in [-0.1, -0.05) is 48.0 Å². The van der Waals surface area contributed by atoms with E-state index in [0.29, 0.717) is 19.7 Å². The van der Waals surface area contributed by atoms with E-state index >= 15 is 0 Å². The number of hydrogen-bond acceptors (Lipinski definition) is 5. The normalized spacial score (nSPS) is 10.7. The standard InChI is InChI=1S/C25H24N2O3S/c1-19-9-11-22(12-10-19)30-17-24-26-21(18-31-24)14-25(28)27(16-23-8-5-13-29-23)15-20-6-3-2-4-7-20/h2-13,18H,14-17H2,1H3. The number of ether oxygens (including phenoxy) is 1. The molecule has 0 saturated carbocycles. The largest absolute Gasteiger partial charge is 0.486 e. The molecule has 31 heavy (non-hydrogen) atoms. The molecule has 1 amide bonds. The molecule has 0 spiro atoms. The van der Waals surface area contributed by atoms with Gasteiger partial charge in [0.25, 0.3) is 0 Å². The summed E-state index contributed by atoms with van der Waals surface area (Å²) in [5.41, 5.74) is 3.03. The van der Waals surface area contributed by atoms with Gasteiger partial charge < -0.3 is 14.1 Å². The third-order valence-corrected chi connectivity index (χ3v) is 5.68. The van der Waals surface area contributed by atoms with Crippen LogP contribution in [0.15, 0.2) is 82.8 Å². The van der Waals surface area contributed by atoms with E-state index < -0.39 is 0 Å². The Morgan fingerprint density at radius 3 is 2.58 bits per heavy atom. The second kappa shape index (κ2) is 10.1. The quantitative estimate of drug-likeness (QED) is 0.356. The average molecular weight is 433 g/mol. The van der Waals surface area contributed by atoms with Crippen molar-refractivity contribution < 1.29 is 13.9 Å². The second-order valence-corrected chi connectivity index (χ2v) is 8.27. The second-order valence-electron chi connectivity index (χ2n) is 7.33. The van der Waals surface area contributed by atoms with Crippen LogP contribution >= 0.6 is 11.3 Å². The lowest BCUT2D eigenvalue weighted by Crippen LogP contribution is -2.31. The van der Waals surface area contributed by atoms with Crippen LogP contribution in [0.2, 0.25) is 0 Å². The molecular weight excluding hydrogens is 408 g/mol. The van der Waals surface area contributed by atoms with E-state index in [4.69, 9.17) is 9.15 Å². The molecule has 0 fully saturated rings. The Labute approximate surface area is 185 Å². The Hall–Kier alpha value is -3.38. The molecule has 0 aliphatic carbocycles. The number of carbonyl (C=O) groups is 1. The van der Waals surface area contributed by atoms with E-state index in [1.165, 1.54) is 16.9 Å². The summed E-state index contributed by atoms with van der Waals surface area (Å²) < 4.78 is 11.3. The van der Waals surface area contributed by atoms with Crippen LogP contribution in [-0.2, 0) is 30.9 Å². The van der Waals surface area contributed by atoms with Crippen molar-refractivity contribution in [1.82, 2.24) is 9.88 Å². The van der Waals surface area contributed by atoms with Crippen molar-refractivity contribution in [2.24, 2.45) is 0 Å². The summed E-state index contributed by atoms with van der Waals surface area (Å²) in [4.78, 5) is 19.5. The Bertz CT molecular complexity index is 1090. The minimum Gasteiger partial charge on any atom is -0.486 e. The molecule has 158 valence electrons. The smallest absolute Gasteiger partial charge is 0.229 e. The molecule has 2 heterocycles. The lowest BCUT2D eigenvalue weighted by atomic mass is 10.2. The van der Waals surface area contributed by atoms with Gasteiger partial charge in [0.15, 0.2) is 0 Å². The molecule has 2 aromatic heterocycles. The summed E-state index contributed by atoms with van der Waals surface area (Å²) in [6.07, 6.45) is 1.87. The van der Waals surface area contributed by atoms with E-state index in [-0.39, 0.29) is 12.3 Å². The van der Waals surface area contributed by atoms with Gasteiger partial charge in [-0.3, -0.25) is 4.79 Å². The molecule has 5 nitrogen and oxygen atoms in total. The van der Waals surface area contributed by atoms with Crippen LogP contribution in [0.25, 0.3) is 0 Å². The minimum absolute atomic E-state index is 0.0107. The predicted octanol–water partition coefficient (Wildman–Crippen LogP) is 5.40. The molecule has 0 saturated heterocycles. The van der Waals surface area contributed by atoms with Crippen LogP contribution in [0.5, 0.6) is 5.75 Å². The Balaban J connectivity index is 1.38. The molecule has 0 unspecified atom stereocenters. The van der Waals surface area contributed by atoms with E-state index in [0.717, 1.165) is 27.8 Å². The number of hydrogen-bond donors (Lipinski definition) is 0. The monoisotopic (exact) mass is 432 g/mol. The highest BCUT2D eigenvalue weighted by Crippen LogP contribution is 2.18. The van der Waals surface area contributed by atoms with Crippen molar-refractivity contribution in [2.75, 3.05) is 0 Å². The van der Waals surface area contributed by atoms with Crippen LogP contribution in [0.1, 0.15) is 27.6 Å². The van der Waals surface area contributed by atoms with Gasteiger partial charge in [-0.15, -0.1) is 11.3 Å². The molecular formula is C25H24N2O3S. The zero-order chi connectivity index (χ0) is 21.5. The fourth-order valence-corrected chi connectivity index (χ4v) is 3.87. The first-order valence-electron chi connectivity index (χ1n) is 10.1. The molecule has 0 radical (unpaired) electrons. The summed E-state index contributed by atoms with van der Waals surface area (Å²) in [5, 5.41) is 2.78. The number of rotatable bonds is 9. The number of benzene rings is 2. The van der Waals surface area contributed by atoms with Gasteiger partial charge in [-0.05, 0) is 36.8 Å². The van der Waals surface area contributed by atoms with Crippen molar-refractivity contribution in [1.29, 1.82) is 0 Å². The molecule has 0 aliphatic heterocycles. The van der Waals surface area contributed by atoms with Crippen molar-refractivity contribution in [3.8, 4) is 5.75 Å². The number of aromatic nitrogens is 1. The topological polar surface area (TPSA) is 55.6 Å². The first-order chi connectivity index (χ1) is 15.2. The molecule has 2 aromatic carbocycles. The average Bonchev–Trinajstić information content (AvgIpc) is 3.46. The Morgan fingerprint density at radius 2 is 1.84 bits per heavy atom. The minimum atomic E-state index is 0.0107. The number of aryl methyl sites for hydroxylation is 1. The number of carbonyl (C=O) groups excluding carboxylic acids is 1. The van der Waals surface area contributed by atoms with Gasteiger partial charge in [-0.2, -0.15) is 0 Å². The number of nitrogens with zero attached hydrogens (tertiary/aromatic N) is 2. The van der Waals surface area contributed by atoms with Gasteiger partial charge in [-0.25, -0.2) is 4.98 Å². The summed E-state index contributed by atoms with van der Waals surface area (Å²) in [7, 11) is 0. The fourth-order valence-electron chi connectivity index (χ4n) is 3.17. The van der Waals surface area contributed by atoms with E-state index in [1.807, 2.05) is 79.0 Å². The Morgan fingerprint density at radius 1 is 1.03 bits per heavy atom. The third-order valence-electron chi connectivity index (χ3n) is 4.81. The SMILES string of the molecule is Cc1ccc(OCc2nc(CC(=O)N(Cc3ccccc3)Cc3ccco3)cs2)cc1. The lowest BCUT2D eigenvalue weighted by molar-refractivity contribution is -0.132. The van der Waals surface area contributed by atoms with Crippen LogP contribution in [0, 0.1) is 6.92 Å². The summed E-state index contributed by atoms with van der Waals surface area (Å²) in [6.45, 7) is 3.38. The molecule has 0 atom stereocenters. The molecule has 0 aliphatic rings.